The number of hydrogen-bond acceptors (Lipinski definition) is 5. The molecule has 0 N–H and O–H groups in total. The summed E-state index contributed by atoms with van der Waals surface area (Å²) in [5.41, 5.74) is 2.18. The molecule has 1 saturated heterocycles. The van der Waals surface area contributed by atoms with Crippen LogP contribution in [0.5, 0.6) is 5.75 Å². The summed E-state index contributed by atoms with van der Waals surface area (Å²) in [6, 6.07) is 33.2. The highest BCUT2D eigenvalue weighted by Crippen LogP contribution is 2.38. The first-order chi connectivity index (χ1) is 19.5. The molecule has 1 amide bonds. The monoisotopic (exact) mass is 572 g/mol. The van der Waals surface area contributed by atoms with E-state index < -0.39 is 29.5 Å². The lowest BCUT2D eigenvalue weighted by atomic mass is 9.98. The van der Waals surface area contributed by atoms with Crippen LogP contribution in [0, 0.1) is 0 Å². The molecule has 4 aromatic carbocycles. The van der Waals surface area contributed by atoms with Crippen LogP contribution in [-0.2, 0) is 27.5 Å². The van der Waals surface area contributed by atoms with Crippen molar-refractivity contribution in [3.63, 3.8) is 0 Å². The Kier molecular flexibility index (Phi) is 8.79. The number of alkyl halides is 1. The molecule has 1 aliphatic rings. The lowest BCUT2D eigenvalue weighted by Crippen LogP contribution is -2.63. The first-order valence-electron chi connectivity index (χ1n) is 12.7. The van der Waals surface area contributed by atoms with Gasteiger partial charge in [0.25, 0.3) is 5.91 Å². The number of benzene rings is 4. The maximum Gasteiger partial charge on any atom is 0.333 e. The largest absolute Gasteiger partial charge is 0.489 e. The third-order valence-corrected chi connectivity index (χ3v) is 7.23. The fraction of sp³-hybridized carbons (Fsp3) is 0.156. The van der Waals surface area contributed by atoms with Gasteiger partial charge in [0.2, 0.25) is 0 Å². The number of ether oxygens (including phenoxy) is 2. The highest BCUT2D eigenvalue weighted by atomic mass is 35.5. The maximum absolute atomic E-state index is 13.4. The zero-order valence-corrected chi connectivity index (χ0v) is 22.9. The number of halogens is 2. The highest BCUT2D eigenvalue weighted by molar-refractivity contribution is 6.69. The predicted octanol–water partition coefficient (Wildman–Crippen LogP) is 6.51. The van der Waals surface area contributed by atoms with E-state index >= 15 is 0 Å². The molecule has 0 radical (unpaired) electrons. The van der Waals surface area contributed by atoms with Gasteiger partial charge in [-0.25, -0.2) is 4.79 Å². The van der Waals surface area contributed by atoms with Crippen LogP contribution in [0.4, 0.5) is 0 Å². The third-order valence-electron chi connectivity index (χ3n) is 6.47. The smallest absolute Gasteiger partial charge is 0.333 e. The molecule has 1 unspecified atom stereocenters. The Morgan fingerprint density at radius 2 is 1.35 bits per heavy atom. The fourth-order valence-electron chi connectivity index (χ4n) is 4.33. The molecular weight excluding hydrogens is 547 g/mol. The predicted molar refractivity (Wildman–Crippen MR) is 155 cm³/mol. The number of esters is 1. The SMILES string of the molecule is O=C(OCc1ccccc1)C(c1ccc(OCc2ccccc2)cc1)N1C(=O)[C@H](N=C(Cl)c2ccccc2)[C@H]1Cl. The van der Waals surface area contributed by atoms with Crippen LogP contribution >= 0.6 is 23.2 Å². The number of amides is 1. The second kappa shape index (κ2) is 12.8. The summed E-state index contributed by atoms with van der Waals surface area (Å²) >= 11 is 13.0. The van der Waals surface area contributed by atoms with Gasteiger partial charge in [-0.3, -0.25) is 9.79 Å². The van der Waals surface area contributed by atoms with Crippen LogP contribution in [0.1, 0.15) is 28.3 Å². The molecule has 6 nitrogen and oxygen atoms in total. The van der Waals surface area contributed by atoms with Crippen LogP contribution in [0.2, 0.25) is 0 Å². The summed E-state index contributed by atoms with van der Waals surface area (Å²) in [5.74, 6) is -0.393. The molecule has 0 aromatic heterocycles. The van der Waals surface area contributed by atoms with E-state index in [2.05, 4.69) is 4.99 Å². The molecule has 1 heterocycles. The Balaban J connectivity index is 1.35. The maximum atomic E-state index is 13.4. The van der Waals surface area contributed by atoms with Crippen molar-refractivity contribution in [3.8, 4) is 5.75 Å². The molecule has 0 bridgehead atoms. The van der Waals surface area contributed by atoms with E-state index in [9.17, 15) is 9.59 Å². The summed E-state index contributed by atoms with van der Waals surface area (Å²) in [4.78, 5) is 32.4. The highest BCUT2D eigenvalue weighted by Gasteiger charge is 2.52. The Morgan fingerprint density at radius 3 is 1.93 bits per heavy atom. The van der Waals surface area contributed by atoms with Crippen LogP contribution in [0.25, 0.3) is 0 Å². The Hall–Kier alpha value is -4.13. The molecule has 8 heteroatoms. The van der Waals surface area contributed by atoms with Crippen LogP contribution in [0.15, 0.2) is 120 Å². The van der Waals surface area contributed by atoms with E-state index in [1.54, 1.807) is 36.4 Å². The average molecular weight is 573 g/mol. The molecule has 0 spiro atoms. The Bertz CT molecular complexity index is 1470. The zero-order chi connectivity index (χ0) is 27.9. The zero-order valence-electron chi connectivity index (χ0n) is 21.4. The van der Waals surface area contributed by atoms with Gasteiger partial charge in [0.1, 0.15) is 29.6 Å². The molecule has 4 aromatic rings. The van der Waals surface area contributed by atoms with Crippen molar-refractivity contribution in [2.75, 3.05) is 0 Å². The number of likely N-dealkylation sites (tertiary alicyclic amines) is 1. The molecule has 1 aliphatic heterocycles. The summed E-state index contributed by atoms with van der Waals surface area (Å²) in [5, 5.41) is 0.173. The number of rotatable bonds is 10. The number of carbonyl (C=O) groups excluding carboxylic acids is 2. The summed E-state index contributed by atoms with van der Waals surface area (Å²) in [6.45, 7) is 0.462. The summed E-state index contributed by atoms with van der Waals surface area (Å²) in [7, 11) is 0. The third kappa shape index (κ3) is 6.36. The standard InChI is InChI=1S/C32H26Cl2N2O4/c33-29(25-14-8-3-9-15-25)35-27-30(34)36(31(27)37)28(32(38)40-21-23-12-6-2-7-13-23)24-16-18-26(19-17-24)39-20-22-10-4-1-5-11-22/h1-19,27-28,30H,20-21H2/t27-,28?,30+/m1/s1. The minimum atomic E-state index is -1.07. The summed E-state index contributed by atoms with van der Waals surface area (Å²) < 4.78 is 11.5. The second-order valence-electron chi connectivity index (χ2n) is 9.19. The summed E-state index contributed by atoms with van der Waals surface area (Å²) in [6.07, 6.45) is 0. The van der Waals surface area contributed by atoms with E-state index in [1.807, 2.05) is 78.9 Å². The van der Waals surface area contributed by atoms with Crippen molar-refractivity contribution in [2.45, 2.75) is 30.8 Å². The van der Waals surface area contributed by atoms with Crippen LogP contribution < -0.4 is 4.74 Å². The van der Waals surface area contributed by atoms with Crippen molar-refractivity contribution < 1.29 is 19.1 Å². The molecule has 202 valence electrons. The van der Waals surface area contributed by atoms with Crippen molar-refractivity contribution in [1.29, 1.82) is 0 Å². The number of β-lactam (4-membered cyclic amide) rings is 1. The second-order valence-corrected chi connectivity index (χ2v) is 9.99. The van der Waals surface area contributed by atoms with Gasteiger partial charge in [-0.1, -0.05) is 126 Å². The Labute approximate surface area is 242 Å². The number of carbonyl (C=O) groups is 2. The minimum absolute atomic E-state index is 0.0604. The fourth-order valence-corrected chi connectivity index (χ4v) is 4.93. The quantitative estimate of drug-likeness (QED) is 0.0713. The van der Waals surface area contributed by atoms with Gasteiger partial charge in [-0.15, -0.1) is 0 Å². The number of hydrogen-bond donors (Lipinski definition) is 0. The first-order valence-corrected chi connectivity index (χ1v) is 13.5. The first kappa shape index (κ1) is 27.4. The van der Waals surface area contributed by atoms with Crippen molar-refractivity contribution in [1.82, 2.24) is 4.90 Å². The molecule has 3 atom stereocenters. The van der Waals surface area contributed by atoms with Gasteiger partial charge in [-0.05, 0) is 28.8 Å². The topological polar surface area (TPSA) is 68.2 Å². The molecule has 5 rings (SSSR count). The van der Waals surface area contributed by atoms with E-state index in [1.165, 1.54) is 4.90 Å². The van der Waals surface area contributed by atoms with Gasteiger partial charge in [0, 0.05) is 5.56 Å². The molecular formula is C32H26Cl2N2O4. The van der Waals surface area contributed by atoms with E-state index in [0.29, 0.717) is 23.5 Å². The molecule has 0 saturated carbocycles. The van der Waals surface area contributed by atoms with E-state index in [4.69, 9.17) is 32.7 Å². The lowest BCUT2D eigenvalue weighted by Gasteiger charge is -2.45. The van der Waals surface area contributed by atoms with Gasteiger partial charge >= 0.3 is 5.97 Å². The van der Waals surface area contributed by atoms with Gasteiger partial charge in [0.05, 0.1) is 0 Å². The number of nitrogens with zero attached hydrogens (tertiary/aromatic N) is 2. The molecule has 0 aliphatic carbocycles. The van der Waals surface area contributed by atoms with Crippen molar-refractivity contribution in [2.24, 2.45) is 4.99 Å². The molecule has 40 heavy (non-hydrogen) atoms. The van der Waals surface area contributed by atoms with Gasteiger partial charge < -0.3 is 14.4 Å². The lowest BCUT2D eigenvalue weighted by molar-refractivity contribution is -0.164. The van der Waals surface area contributed by atoms with Crippen molar-refractivity contribution >= 4 is 40.2 Å². The minimum Gasteiger partial charge on any atom is -0.489 e. The van der Waals surface area contributed by atoms with Crippen LogP contribution in [0.3, 0.4) is 0 Å². The van der Waals surface area contributed by atoms with Gasteiger partial charge in [0.15, 0.2) is 12.1 Å². The van der Waals surface area contributed by atoms with E-state index in [0.717, 1.165) is 11.1 Å². The normalized spacial score (nSPS) is 17.6. The molecule has 1 fully saturated rings. The van der Waals surface area contributed by atoms with Crippen molar-refractivity contribution in [3.05, 3.63) is 138 Å². The average Bonchev–Trinajstić information content (AvgIpc) is 3.01. The van der Waals surface area contributed by atoms with Crippen LogP contribution in [-0.4, -0.2) is 33.5 Å². The van der Waals surface area contributed by atoms with E-state index in [-0.39, 0.29) is 11.8 Å². The Morgan fingerprint density at radius 1 is 0.800 bits per heavy atom. The number of aliphatic imine (C=N–C) groups is 1. The van der Waals surface area contributed by atoms with Gasteiger partial charge in [-0.2, -0.15) is 0 Å².